The lowest BCUT2D eigenvalue weighted by atomic mass is 9.98. The summed E-state index contributed by atoms with van der Waals surface area (Å²) in [5.41, 5.74) is 4.01. The fraction of sp³-hybridized carbons (Fsp3) is 0.0741. The number of aromatic nitrogens is 1. The van der Waals surface area contributed by atoms with Crippen molar-refractivity contribution in [1.29, 1.82) is 5.26 Å². The zero-order chi connectivity index (χ0) is 22.5. The molecular formula is C27H20N2O3. The van der Waals surface area contributed by atoms with Crippen molar-refractivity contribution in [2.75, 3.05) is 7.11 Å². The Morgan fingerprint density at radius 2 is 1.50 bits per heavy atom. The summed E-state index contributed by atoms with van der Waals surface area (Å²) < 4.78 is 6.35. The van der Waals surface area contributed by atoms with E-state index < -0.39 is 5.97 Å². The summed E-state index contributed by atoms with van der Waals surface area (Å²) in [4.78, 5) is 25.2. The van der Waals surface area contributed by atoms with Gasteiger partial charge in [0.2, 0.25) is 0 Å². The Balaban J connectivity index is 1.89. The summed E-state index contributed by atoms with van der Waals surface area (Å²) in [6, 6.07) is 29.9. The van der Waals surface area contributed by atoms with Gasteiger partial charge in [0, 0.05) is 5.56 Å². The molecule has 0 spiro atoms. The Hall–Kier alpha value is -4.43. The van der Waals surface area contributed by atoms with Crippen LogP contribution in [0.4, 0.5) is 0 Å². The van der Waals surface area contributed by atoms with E-state index in [1.165, 1.54) is 7.11 Å². The molecule has 0 saturated carbocycles. The lowest BCUT2D eigenvalue weighted by molar-refractivity contribution is 0.0600. The molecule has 5 heteroatoms. The molecule has 156 valence electrons. The SMILES string of the molecule is COC(=O)c1ccc(Cn2c(-c3ccccc3)cc(-c3ccccc3)c(C#N)c2=O)cc1. The molecule has 0 atom stereocenters. The minimum absolute atomic E-state index is 0.0991. The number of pyridine rings is 1. The van der Waals surface area contributed by atoms with E-state index in [0.29, 0.717) is 16.8 Å². The van der Waals surface area contributed by atoms with Gasteiger partial charge in [0.05, 0.1) is 24.9 Å². The number of esters is 1. The van der Waals surface area contributed by atoms with Gasteiger partial charge in [-0.1, -0.05) is 72.8 Å². The Bertz CT molecular complexity index is 1350. The third kappa shape index (κ3) is 4.07. The summed E-state index contributed by atoms with van der Waals surface area (Å²) in [6.07, 6.45) is 0. The largest absolute Gasteiger partial charge is 0.465 e. The van der Waals surface area contributed by atoms with Gasteiger partial charge in [-0.3, -0.25) is 4.79 Å². The molecular weight excluding hydrogens is 400 g/mol. The number of methoxy groups -OCH3 is 1. The van der Waals surface area contributed by atoms with Crippen molar-refractivity contribution >= 4 is 5.97 Å². The molecule has 0 fully saturated rings. The lowest BCUT2D eigenvalue weighted by Gasteiger charge is -2.17. The van der Waals surface area contributed by atoms with Crippen LogP contribution < -0.4 is 5.56 Å². The van der Waals surface area contributed by atoms with E-state index in [1.807, 2.05) is 66.7 Å². The Morgan fingerprint density at radius 1 is 0.906 bits per heavy atom. The first kappa shape index (κ1) is 20.8. The number of nitriles is 1. The Morgan fingerprint density at radius 3 is 2.06 bits per heavy atom. The summed E-state index contributed by atoms with van der Waals surface area (Å²) in [5.74, 6) is -0.419. The third-order valence-corrected chi connectivity index (χ3v) is 5.28. The number of hydrogen-bond acceptors (Lipinski definition) is 4. The first-order valence-electron chi connectivity index (χ1n) is 10.1. The monoisotopic (exact) mass is 420 g/mol. The second-order valence-electron chi connectivity index (χ2n) is 7.24. The van der Waals surface area contributed by atoms with E-state index in [0.717, 1.165) is 16.7 Å². The van der Waals surface area contributed by atoms with E-state index >= 15 is 0 Å². The zero-order valence-corrected chi connectivity index (χ0v) is 17.5. The Kier molecular flexibility index (Phi) is 5.96. The van der Waals surface area contributed by atoms with Crippen LogP contribution in [0.1, 0.15) is 21.5 Å². The molecule has 1 aromatic heterocycles. The average Bonchev–Trinajstić information content (AvgIpc) is 2.86. The highest BCUT2D eigenvalue weighted by Gasteiger charge is 2.17. The van der Waals surface area contributed by atoms with Crippen molar-refractivity contribution in [3.63, 3.8) is 0 Å². The van der Waals surface area contributed by atoms with Crippen LogP contribution >= 0.6 is 0 Å². The van der Waals surface area contributed by atoms with Gasteiger partial charge < -0.3 is 9.30 Å². The van der Waals surface area contributed by atoms with Gasteiger partial charge in [-0.25, -0.2) is 4.79 Å². The molecule has 0 aliphatic rings. The van der Waals surface area contributed by atoms with Crippen LogP contribution in [0.25, 0.3) is 22.4 Å². The first-order valence-corrected chi connectivity index (χ1v) is 10.1. The topological polar surface area (TPSA) is 72.1 Å². The molecule has 0 unspecified atom stereocenters. The van der Waals surface area contributed by atoms with Gasteiger partial charge in [0.15, 0.2) is 0 Å². The van der Waals surface area contributed by atoms with Crippen LogP contribution in [0.3, 0.4) is 0 Å². The van der Waals surface area contributed by atoms with Crippen molar-refractivity contribution in [2.45, 2.75) is 6.54 Å². The van der Waals surface area contributed by atoms with Crippen LogP contribution in [0.15, 0.2) is 95.8 Å². The number of rotatable bonds is 5. The fourth-order valence-electron chi connectivity index (χ4n) is 3.65. The van der Waals surface area contributed by atoms with E-state index in [2.05, 4.69) is 6.07 Å². The molecule has 0 amide bonds. The smallest absolute Gasteiger partial charge is 0.337 e. The highest BCUT2D eigenvalue weighted by molar-refractivity contribution is 5.89. The molecule has 4 aromatic rings. The van der Waals surface area contributed by atoms with Gasteiger partial charge in [0.1, 0.15) is 11.6 Å². The summed E-state index contributed by atoms with van der Waals surface area (Å²) in [7, 11) is 1.33. The summed E-state index contributed by atoms with van der Waals surface area (Å²) in [6.45, 7) is 0.258. The molecule has 0 N–H and O–H groups in total. The quantitative estimate of drug-likeness (QED) is 0.431. The molecule has 0 bridgehead atoms. The van der Waals surface area contributed by atoms with Crippen LogP contribution in [0, 0.1) is 11.3 Å². The third-order valence-electron chi connectivity index (χ3n) is 5.28. The number of ether oxygens (including phenoxy) is 1. The zero-order valence-electron chi connectivity index (χ0n) is 17.5. The molecule has 0 radical (unpaired) electrons. The van der Waals surface area contributed by atoms with Crippen molar-refractivity contribution in [1.82, 2.24) is 4.57 Å². The normalized spacial score (nSPS) is 10.4. The van der Waals surface area contributed by atoms with Gasteiger partial charge >= 0.3 is 5.97 Å². The standard InChI is InChI=1S/C27H20N2O3/c1-32-27(31)22-14-12-19(13-15-22)18-29-25(21-10-6-3-7-11-21)16-23(24(17-28)26(29)30)20-8-4-2-5-9-20/h2-16H,18H2,1H3. The number of nitrogens with zero attached hydrogens (tertiary/aromatic N) is 2. The number of carbonyl (C=O) groups excluding carboxylic acids is 1. The minimum Gasteiger partial charge on any atom is -0.465 e. The Labute approximate surface area is 185 Å². The fourth-order valence-corrected chi connectivity index (χ4v) is 3.65. The van der Waals surface area contributed by atoms with Crippen molar-refractivity contribution < 1.29 is 9.53 Å². The number of carbonyl (C=O) groups is 1. The second kappa shape index (κ2) is 9.15. The second-order valence-corrected chi connectivity index (χ2v) is 7.24. The molecule has 0 aliphatic carbocycles. The van der Waals surface area contributed by atoms with Gasteiger partial charge in [-0.05, 0) is 34.9 Å². The van der Waals surface area contributed by atoms with Crippen LogP contribution in [0.2, 0.25) is 0 Å². The van der Waals surface area contributed by atoms with E-state index in [1.54, 1.807) is 28.8 Å². The molecule has 5 nitrogen and oxygen atoms in total. The lowest BCUT2D eigenvalue weighted by Crippen LogP contribution is -2.25. The molecule has 3 aromatic carbocycles. The van der Waals surface area contributed by atoms with E-state index in [9.17, 15) is 14.9 Å². The van der Waals surface area contributed by atoms with Gasteiger partial charge in [0.25, 0.3) is 5.56 Å². The first-order chi connectivity index (χ1) is 15.6. The minimum atomic E-state index is -0.419. The van der Waals surface area contributed by atoms with Crippen molar-refractivity contribution in [3.8, 4) is 28.5 Å². The maximum atomic E-state index is 13.5. The van der Waals surface area contributed by atoms with Crippen LogP contribution in [-0.4, -0.2) is 17.6 Å². The predicted molar refractivity (Wildman–Crippen MR) is 123 cm³/mol. The summed E-state index contributed by atoms with van der Waals surface area (Å²) in [5, 5.41) is 9.82. The molecule has 0 saturated heterocycles. The maximum Gasteiger partial charge on any atom is 0.337 e. The molecule has 0 aliphatic heterocycles. The summed E-state index contributed by atoms with van der Waals surface area (Å²) >= 11 is 0. The van der Waals surface area contributed by atoms with Gasteiger partial charge in [-0.15, -0.1) is 0 Å². The number of benzene rings is 3. The van der Waals surface area contributed by atoms with E-state index in [-0.39, 0.29) is 17.7 Å². The highest BCUT2D eigenvalue weighted by Crippen LogP contribution is 2.28. The maximum absolute atomic E-state index is 13.5. The van der Waals surface area contributed by atoms with Crippen LogP contribution in [-0.2, 0) is 11.3 Å². The molecule has 4 rings (SSSR count). The number of hydrogen-bond donors (Lipinski definition) is 0. The average molecular weight is 420 g/mol. The van der Waals surface area contributed by atoms with Crippen molar-refractivity contribution in [3.05, 3.63) is 118 Å². The molecule has 1 heterocycles. The van der Waals surface area contributed by atoms with Crippen LogP contribution in [0.5, 0.6) is 0 Å². The highest BCUT2D eigenvalue weighted by atomic mass is 16.5. The molecule has 32 heavy (non-hydrogen) atoms. The van der Waals surface area contributed by atoms with Gasteiger partial charge in [-0.2, -0.15) is 5.26 Å². The predicted octanol–water partition coefficient (Wildman–Crippen LogP) is 4.89. The van der Waals surface area contributed by atoms with Crippen molar-refractivity contribution in [2.24, 2.45) is 0 Å². The van der Waals surface area contributed by atoms with E-state index in [4.69, 9.17) is 4.74 Å².